The molecule has 3 aromatic rings. The van der Waals surface area contributed by atoms with Gasteiger partial charge in [-0.2, -0.15) is 0 Å². The maximum Gasteiger partial charge on any atom is 0.338 e. The molecule has 40 heavy (non-hydrogen) atoms. The number of aromatic nitrogens is 1. The van der Waals surface area contributed by atoms with E-state index in [0.29, 0.717) is 51.1 Å². The Balaban J connectivity index is 1.88. The lowest BCUT2D eigenvalue weighted by atomic mass is 9.95. The third kappa shape index (κ3) is 6.07. The number of hydrogen-bond acceptors (Lipinski definition) is 9. The molecule has 4 rings (SSSR count). The summed E-state index contributed by atoms with van der Waals surface area (Å²) in [5.41, 5.74) is 1.81. The molecule has 0 bridgehead atoms. The second kappa shape index (κ2) is 12.6. The Bertz CT molecular complexity index is 1650. The van der Waals surface area contributed by atoms with Crippen LogP contribution in [0.1, 0.15) is 44.9 Å². The van der Waals surface area contributed by atoms with E-state index in [1.165, 1.54) is 22.8 Å². The summed E-state index contributed by atoms with van der Waals surface area (Å²) in [6.07, 6.45) is 3.37. The van der Waals surface area contributed by atoms with Gasteiger partial charge in [0.15, 0.2) is 16.3 Å². The number of hydrogen-bond donors (Lipinski definition) is 0. The molecule has 208 valence electrons. The van der Waals surface area contributed by atoms with Crippen LogP contribution >= 0.6 is 11.3 Å². The van der Waals surface area contributed by atoms with Gasteiger partial charge in [0.2, 0.25) is 0 Å². The van der Waals surface area contributed by atoms with Crippen LogP contribution in [0.25, 0.3) is 6.08 Å². The fraction of sp³-hybridized carbons (Fsp3) is 0.267. The quantitative estimate of drug-likeness (QED) is 0.211. The monoisotopic (exact) mass is 562 g/mol. The van der Waals surface area contributed by atoms with Crippen LogP contribution in [-0.4, -0.2) is 36.3 Å². The molecule has 0 saturated carbocycles. The third-order valence-electron chi connectivity index (χ3n) is 5.90. The number of allylic oxidation sites excluding steroid dienone is 1. The molecular formula is C30H30N2O7S. The Kier molecular flexibility index (Phi) is 9.00. The molecule has 2 aromatic carbocycles. The van der Waals surface area contributed by atoms with Crippen molar-refractivity contribution in [2.24, 2.45) is 4.99 Å². The molecule has 1 aromatic heterocycles. The highest BCUT2D eigenvalue weighted by Gasteiger charge is 2.34. The average Bonchev–Trinajstić information content (AvgIpc) is 3.22. The highest BCUT2D eigenvalue weighted by molar-refractivity contribution is 7.07. The van der Waals surface area contributed by atoms with Gasteiger partial charge in [-0.15, -0.1) is 0 Å². The Morgan fingerprint density at radius 1 is 1.07 bits per heavy atom. The summed E-state index contributed by atoms with van der Waals surface area (Å²) in [7, 11) is 0. The van der Waals surface area contributed by atoms with Gasteiger partial charge in [0.05, 0.1) is 35.1 Å². The van der Waals surface area contributed by atoms with E-state index < -0.39 is 18.0 Å². The second-order valence-corrected chi connectivity index (χ2v) is 9.71. The zero-order chi connectivity index (χ0) is 28.8. The minimum atomic E-state index is -0.795. The summed E-state index contributed by atoms with van der Waals surface area (Å²) < 4.78 is 24.0. The number of esters is 2. The summed E-state index contributed by atoms with van der Waals surface area (Å²) in [5.74, 6) is 0.449. The number of fused-ring (bicyclic) bond motifs is 1. The number of carbonyl (C=O) groups excluding carboxylic acids is 2. The molecule has 1 unspecified atom stereocenters. The Morgan fingerprint density at radius 3 is 2.48 bits per heavy atom. The molecule has 1 aliphatic heterocycles. The largest absolute Gasteiger partial charge is 0.490 e. The molecule has 0 radical (unpaired) electrons. The van der Waals surface area contributed by atoms with Gasteiger partial charge >= 0.3 is 11.9 Å². The summed E-state index contributed by atoms with van der Waals surface area (Å²) in [6.45, 7) is 11.2. The lowest BCUT2D eigenvalue weighted by Gasteiger charge is -2.25. The lowest BCUT2D eigenvalue weighted by Crippen LogP contribution is -2.40. The van der Waals surface area contributed by atoms with E-state index in [9.17, 15) is 14.4 Å². The van der Waals surface area contributed by atoms with Crippen LogP contribution in [-0.2, 0) is 14.3 Å². The van der Waals surface area contributed by atoms with Gasteiger partial charge in [-0.3, -0.25) is 14.2 Å². The fourth-order valence-electron chi connectivity index (χ4n) is 4.29. The first-order valence-electron chi connectivity index (χ1n) is 12.8. The van der Waals surface area contributed by atoms with Crippen LogP contribution < -0.4 is 29.1 Å². The average molecular weight is 563 g/mol. The van der Waals surface area contributed by atoms with Crippen molar-refractivity contribution in [1.29, 1.82) is 0 Å². The zero-order valence-corrected chi connectivity index (χ0v) is 23.6. The molecule has 0 amide bonds. The van der Waals surface area contributed by atoms with Crippen LogP contribution in [0.4, 0.5) is 0 Å². The van der Waals surface area contributed by atoms with Crippen molar-refractivity contribution in [2.45, 2.75) is 33.7 Å². The van der Waals surface area contributed by atoms with E-state index in [0.717, 1.165) is 5.56 Å². The highest BCUT2D eigenvalue weighted by atomic mass is 32.1. The number of benzene rings is 2. The number of thiazole rings is 1. The molecule has 0 saturated heterocycles. The van der Waals surface area contributed by atoms with Crippen LogP contribution in [0, 0.1) is 0 Å². The standard InChI is InChI=1S/C30H30N2O7S/c1-6-15-38-23-14-11-21(17-24(23)36-7-2)27-26(29(35)37-8-3)18(4)31-30-32(27)28(34)25(40-30)16-20-9-12-22(13-10-20)39-19(5)33/h6,9-14,16-17,27H,1,7-8,15H2,2-5H3/b25-16+. The fourth-order valence-corrected chi connectivity index (χ4v) is 5.33. The van der Waals surface area contributed by atoms with Crippen LogP contribution in [0.5, 0.6) is 17.2 Å². The van der Waals surface area contributed by atoms with Gasteiger partial charge < -0.3 is 18.9 Å². The summed E-state index contributed by atoms with van der Waals surface area (Å²) in [6, 6.07) is 11.3. The van der Waals surface area contributed by atoms with Gasteiger partial charge in [0.25, 0.3) is 5.56 Å². The number of rotatable bonds is 10. The van der Waals surface area contributed by atoms with Crippen molar-refractivity contribution in [2.75, 3.05) is 19.8 Å². The van der Waals surface area contributed by atoms with Crippen molar-refractivity contribution < 1.29 is 28.5 Å². The summed E-state index contributed by atoms with van der Waals surface area (Å²) in [4.78, 5) is 43.3. The molecule has 1 atom stereocenters. The molecule has 0 spiro atoms. The van der Waals surface area contributed by atoms with Crippen molar-refractivity contribution in [3.8, 4) is 17.2 Å². The van der Waals surface area contributed by atoms with Crippen molar-refractivity contribution in [3.63, 3.8) is 0 Å². The molecule has 0 fully saturated rings. The summed E-state index contributed by atoms with van der Waals surface area (Å²) in [5, 5.41) is 0. The smallest absolute Gasteiger partial charge is 0.338 e. The second-order valence-electron chi connectivity index (χ2n) is 8.70. The topological polar surface area (TPSA) is 105 Å². The van der Waals surface area contributed by atoms with Gasteiger partial charge in [-0.1, -0.05) is 42.2 Å². The molecule has 10 heteroatoms. The highest BCUT2D eigenvalue weighted by Crippen LogP contribution is 2.36. The van der Waals surface area contributed by atoms with Crippen LogP contribution in [0.3, 0.4) is 0 Å². The van der Waals surface area contributed by atoms with E-state index >= 15 is 0 Å². The minimum absolute atomic E-state index is 0.175. The van der Waals surface area contributed by atoms with Crippen molar-refractivity contribution >= 4 is 29.4 Å². The lowest BCUT2D eigenvalue weighted by molar-refractivity contribution is -0.139. The van der Waals surface area contributed by atoms with E-state index in [1.807, 2.05) is 6.92 Å². The normalized spacial score (nSPS) is 14.7. The molecule has 2 heterocycles. The first-order chi connectivity index (χ1) is 19.3. The first kappa shape index (κ1) is 28.6. The predicted molar refractivity (Wildman–Crippen MR) is 151 cm³/mol. The first-order valence-corrected chi connectivity index (χ1v) is 13.6. The SMILES string of the molecule is C=CCOc1ccc(C2C(C(=O)OCC)=C(C)N=c3s/c(=C/c4ccc(OC(C)=O)cc4)c(=O)n32)cc1OCC. The van der Waals surface area contributed by atoms with Crippen molar-refractivity contribution in [3.05, 3.63) is 97.2 Å². The molecule has 1 aliphatic rings. The minimum Gasteiger partial charge on any atom is -0.490 e. The predicted octanol–water partition coefficient (Wildman–Crippen LogP) is 3.69. The van der Waals surface area contributed by atoms with E-state index in [4.69, 9.17) is 18.9 Å². The maximum atomic E-state index is 13.8. The Hall–Kier alpha value is -4.44. The van der Waals surface area contributed by atoms with E-state index in [2.05, 4.69) is 11.6 Å². The Morgan fingerprint density at radius 2 is 1.82 bits per heavy atom. The van der Waals surface area contributed by atoms with Gasteiger partial charge in [-0.25, -0.2) is 9.79 Å². The number of nitrogens with zero attached hydrogens (tertiary/aromatic N) is 2. The molecule has 0 N–H and O–H groups in total. The van der Waals surface area contributed by atoms with Gasteiger partial charge in [0, 0.05) is 6.92 Å². The van der Waals surface area contributed by atoms with Crippen LogP contribution in [0.2, 0.25) is 0 Å². The van der Waals surface area contributed by atoms with Gasteiger partial charge in [0.1, 0.15) is 12.4 Å². The number of ether oxygens (including phenoxy) is 4. The third-order valence-corrected chi connectivity index (χ3v) is 6.88. The summed E-state index contributed by atoms with van der Waals surface area (Å²) >= 11 is 1.22. The molecular weight excluding hydrogens is 532 g/mol. The van der Waals surface area contributed by atoms with E-state index in [1.54, 1.807) is 68.5 Å². The molecule has 0 aliphatic carbocycles. The molecule has 9 nitrogen and oxygen atoms in total. The van der Waals surface area contributed by atoms with E-state index in [-0.39, 0.29) is 17.7 Å². The Labute approximate surface area is 235 Å². The number of carbonyl (C=O) groups is 2. The van der Waals surface area contributed by atoms with Gasteiger partial charge in [-0.05, 0) is 62.2 Å². The van der Waals surface area contributed by atoms with Crippen LogP contribution in [0.15, 0.2) is 76.2 Å². The maximum absolute atomic E-state index is 13.8. The van der Waals surface area contributed by atoms with Crippen molar-refractivity contribution in [1.82, 2.24) is 4.57 Å². The zero-order valence-electron chi connectivity index (χ0n) is 22.8.